The summed E-state index contributed by atoms with van der Waals surface area (Å²) in [5.74, 6) is -1.06. The molecule has 4 N–H and O–H groups in total. The van der Waals surface area contributed by atoms with E-state index in [4.69, 9.17) is 18.9 Å². The van der Waals surface area contributed by atoms with Crippen molar-refractivity contribution in [3.8, 4) is 0 Å². The van der Waals surface area contributed by atoms with Crippen LogP contribution in [0.2, 0.25) is 0 Å². The van der Waals surface area contributed by atoms with E-state index in [1.54, 1.807) is 36.4 Å². The zero-order valence-electron chi connectivity index (χ0n) is 23.1. The van der Waals surface area contributed by atoms with Gasteiger partial charge in [0.05, 0.1) is 24.2 Å². The van der Waals surface area contributed by atoms with E-state index in [-0.39, 0.29) is 73.5 Å². The first kappa shape index (κ1) is 30.7. The molecule has 0 fully saturated rings. The second-order valence-corrected chi connectivity index (χ2v) is 8.88. The minimum Gasteiger partial charge on any atom is -0.384 e. The highest BCUT2D eigenvalue weighted by Crippen LogP contribution is 2.36. The van der Waals surface area contributed by atoms with E-state index in [0.29, 0.717) is 22.5 Å². The number of fused-ring (bicyclic) bond motifs is 2. The molecule has 0 unspecified atom stereocenters. The van der Waals surface area contributed by atoms with E-state index in [9.17, 15) is 19.2 Å². The third-order valence-corrected chi connectivity index (χ3v) is 6.39. The monoisotopic (exact) mass is 556 g/mol. The van der Waals surface area contributed by atoms with Crippen LogP contribution in [0.25, 0.3) is 0 Å². The van der Waals surface area contributed by atoms with Gasteiger partial charge in [-0.3, -0.25) is 19.2 Å². The number of ether oxygens (including phenoxy) is 4. The molecule has 12 nitrogen and oxygen atoms in total. The zero-order valence-corrected chi connectivity index (χ0v) is 23.1. The number of nitrogens with one attached hydrogen (secondary N) is 4. The Morgan fingerprint density at radius 3 is 1.38 bits per heavy atom. The molecule has 1 aliphatic rings. The average Bonchev–Trinajstić information content (AvgIpc) is 2.97. The van der Waals surface area contributed by atoms with Crippen LogP contribution in [0.4, 0.5) is 11.4 Å². The van der Waals surface area contributed by atoms with Gasteiger partial charge >= 0.3 is 0 Å². The third-order valence-electron chi connectivity index (χ3n) is 6.39. The predicted octanol–water partition coefficient (Wildman–Crippen LogP) is 1.54. The minimum atomic E-state index is -0.550. The third kappa shape index (κ3) is 7.63. The molecule has 2 aromatic carbocycles. The molecule has 1 aliphatic carbocycles. The summed E-state index contributed by atoms with van der Waals surface area (Å²) in [5, 5.41) is 11.7. The summed E-state index contributed by atoms with van der Waals surface area (Å²) in [5.41, 5.74) is 1.95. The summed E-state index contributed by atoms with van der Waals surface area (Å²) in [6, 6.07) is 10.0. The van der Waals surface area contributed by atoms with Crippen LogP contribution in [-0.4, -0.2) is 90.6 Å². The Kier molecular flexibility index (Phi) is 11.6. The van der Waals surface area contributed by atoms with Crippen molar-refractivity contribution in [2.75, 3.05) is 65.3 Å². The lowest BCUT2D eigenvalue weighted by Crippen LogP contribution is -2.35. The van der Waals surface area contributed by atoms with Crippen molar-refractivity contribution in [3.05, 3.63) is 58.7 Å². The van der Waals surface area contributed by atoms with Crippen molar-refractivity contribution in [2.45, 2.75) is 25.4 Å². The second kappa shape index (κ2) is 15.1. The Morgan fingerprint density at radius 1 is 0.650 bits per heavy atom. The molecule has 2 aromatic rings. The number of hydrogen-bond donors (Lipinski definition) is 4. The van der Waals surface area contributed by atoms with E-state index >= 15 is 0 Å². The van der Waals surface area contributed by atoms with Gasteiger partial charge in [-0.25, -0.2) is 0 Å². The molecule has 0 bridgehead atoms. The number of hydrogen-bond acceptors (Lipinski definition) is 10. The maximum atomic E-state index is 13.5. The fourth-order valence-electron chi connectivity index (χ4n) is 4.24. The number of rotatable bonds is 16. The molecule has 0 atom stereocenters. The van der Waals surface area contributed by atoms with Gasteiger partial charge in [-0.05, 0) is 12.1 Å². The molecule has 0 saturated carbocycles. The van der Waals surface area contributed by atoms with Crippen molar-refractivity contribution >= 4 is 34.8 Å². The van der Waals surface area contributed by atoms with E-state index in [1.807, 2.05) is 0 Å². The summed E-state index contributed by atoms with van der Waals surface area (Å²) < 4.78 is 20.2. The smallest absolute Gasteiger partial charge is 0.221 e. The molecular weight excluding hydrogens is 520 g/mol. The first-order valence-electron chi connectivity index (χ1n) is 12.8. The zero-order chi connectivity index (χ0) is 29.1. The Labute approximate surface area is 233 Å². The van der Waals surface area contributed by atoms with Crippen LogP contribution in [0.3, 0.4) is 0 Å². The lowest BCUT2D eigenvalue weighted by molar-refractivity contribution is -0.127. The maximum Gasteiger partial charge on any atom is 0.221 e. The van der Waals surface area contributed by atoms with Crippen LogP contribution in [0.15, 0.2) is 36.4 Å². The van der Waals surface area contributed by atoms with E-state index < -0.39 is 12.6 Å². The summed E-state index contributed by atoms with van der Waals surface area (Å²) >= 11 is 0. The second-order valence-electron chi connectivity index (χ2n) is 8.88. The fourth-order valence-corrected chi connectivity index (χ4v) is 4.24. The summed E-state index contributed by atoms with van der Waals surface area (Å²) in [4.78, 5) is 51.6. The molecule has 0 spiro atoms. The Hall–Kier alpha value is -3.84. The molecule has 40 heavy (non-hydrogen) atoms. The molecule has 0 aromatic heterocycles. The van der Waals surface area contributed by atoms with E-state index in [1.165, 1.54) is 28.4 Å². The van der Waals surface area contributed by atoms with Crippen LogP contribution in [0, 0.1) is 0 Å². The predicted molar refractivity (Wildman–Crippen MR) is 148 cm³/mol. The van der Waals surface area contributed by atoms with Gasteiger partial charge in [0, 0.05) is 76.9 Å². The molecule has 0 aliphatic heterocycles. The number of methoxy groups -OCH3 is 4. The largest absolute Gasteiger partial charge is 0.384 e. The number of ketones is 2. The Morgan fingerprint density at radius 2 is 1.02 bits per heavy atom. The molecule has 12 heteroatoms. The maximum absolute atomic E-state index is 13.5. The average molecular weight is 557 g/mol. The highest BCUT2D eigenvalue weighted by Gasteiger charge is 2.33. The first-order valence-corrected chi connectivity index (χ1v) is 12.8. The quantitative estimate of drug-likeness (QED) is 0.191. The first-order chi connectivity index (χ1) is 19.3. The van der Waals surface area contributed by atoms with Crippen molar-refractivity contribution < 1.29 is 38.1 Å². The van der Waals surface area contributed by atoms with Crippen LogP contribution >= 0.6 is 0 Å². The topological polar surface area (TPSA) is 153 Å². The fraction of sp³-hybridized carbons (Fsp3) is 0.429. The van der Waals surface area contributed by atoms with Gasteiger partial charge in [-0.1, -0.05) is 24.3 Å². The Bertz CT molecular complexity index is 1120. The SMILES string of the molecule is COC(CNC(=O)CCNc1ccc(NCCC(=O)NCC(OC)OC)c2c1C(=O)c1ccccc1C2=O)OC. The number of carbonyl (C=O) groups excluding carboxylic acids is 4. The molecule has 0 radical (unpaired) electrons. The normalized spacial score (nSPS) is 12.2. The van der Waals surface area contributed by atoms with Gasteiger partial charge in [-0.15, -0.1) is 0 Å². The summed E-state index contributed by atoms with van der Waals surface area (Å²) in [6.45, 7) is 0.845. The van der Waals surface area contributed by atoms with Crippen molar-refractivity contribution in [3.63, 3.8) is 0 Å². The van der Waals surface area contributed by atoms with Gasteiger partial charge in [0.2, 0.25) is 11.8 Å². The molecule has 3 rings (SSSR count). The van der Waals surface area contributed by atoms with Gasteiger partial charge in [0.1, 0.15) is 0 Å². The number of amides is 2. The van der Waals surface area contributed by atoms with Crippen LogP contribution in [0.1, 0.15) is 44.7 Å². The van der Waals surface area contributed by atoms with Crippen molar-refractivity contribution in [2.24, 2.45) is 0 Å². The van der Waals surface area contributed by atoms with Crippen LogP contribution in [-0.2, 0) is 28.5 Å². The molecule has 2 amide bonds. The van der Waals surface area contributed by atoms with Crippen LogP contribution < -0.4 is 21.3 Å². The number of benzene rings is 2. The van der Waals surface area contributed by atoms with Crippen LogP contribution in [0.5, 0.6) is 0 Å². The Balaban J connectivity index is 1.73. The molecule has 216 valence electrons. The van der Waals surface area contributed by atoms with Gasteiger partial charge in [-0.2, -0.15) is 0 Å². The molecule has 0 heterocycles. The van der Waals surface area contributed by atoms with Gasteiger partial charge in [0.15, 0.2) is 24.1 Å². The van der Waals surface area contributed by atoms with E-state index in [0.717, 1.165) is 0 Å². The van der Waals surface area contributed by atoms with Gasteiger partial charge in [0.25, 0.3) is 0 Å². The number of anilines is 2. The molecular formula is C28H36N4O8. The summed E-state index contributed by atoms with van der Waals surface area (Å²) in [7, 11) is 5.92. The van der Waals surface area contributed by atoms with E-state index in [2.05, 4.69) is 21.3 Å². The highest BCUT2D eigenvalue weighted by molar-refractivity contribution is 6.31. The highest BCUT2D eigenvalue weighted by atomic mass is 16.7. The van der Waals surface area contributed by atoms with Gasteiger partial charge < -0.3 is 40.2 Å². The number of carbonyl (C=O) groups is 4. The lowest BCUT2D eigenvalue weighted by Gasteiger charge is -2.24. The summed E-state index contributed by atoms with van der Waals surface area (Å²) in [6.07, 6.45) is -0.858. The minimum absolute atomic E-state index is 0.121. The van der Waals surface area contributed by atoms with Crippen molar-refractivity contribution in [1.82, 2.24) is 10.6 Å². The lowest BCUT2D eigenvalue weighted by atomic mass is 9.82. The molecule has 0 saturated heterocycles. The van der Waals surface area contributed by atoms with Crippen molar-refractivity contribution in [1.29, 1.82) is 0 Å². The standard InChI is InChI=1S/C28H36N4O8/c1-37-23(38-2)15-31-21(33)11-13-29-19-9-10-20(30-14-12-22(34)32-16-24(39-3)40-4)26-25(19)27(35)17-7-5-6-8-18(17)28(26)36/h5-10,23-24,29-30H,11-16H2,1-4H3,(H,31,33)(H,32,34).